The Hall–Kier alpha value is -2.05. The van der Waals surface area contributed by atoms with Gasteiger partial charge >= 0.3 is 6.09 Å². The molecule has 1 unspecified atom stereocenters. The molecular weight excluding hydrogens is 274 g/mol. The molecule has 0 aromatic carbocycles. The van der Waals surface area contributed by atoms with Crippen LogP contribution in [0.15, 0.2) is 12.1 Å². The summed E-state index contributed by atoms with van der Waals surface area (Å²) in [4.78, 5) is 13.6. The molecule has 0 spiro atoms. The summed E-state index contributed by atoms with van der Waals surface area (Å²) < 4.78 is 16.0. The standard InChI is InChI=1S/C14H21N3O4/c1-14(2,3)21-13(18)17-8-7-10(9-17)20-12-6-5-11(19-4)15-16-12/h5-6,10H,7-9H2,1-4H3. The molecule has 1 atom stereocenters. The summed E-state index contributed by atoms with van der Waals surface area (Å²) in [6.45, 7) is 6.65. The number of methoxy groups -OCH3 is 1. The highest BCUT2D eigenvalue weighted by atomic mass is 16.6. The van der Waals surface area contributed by atoms with Crippen molar-refractivity contribution in [1.29, 1.82) is 0 Å². The predicted octanol–water partition coefficient (Wildman–Crippen LogP) is 1.87. The Labute approximate surface area is 124 Å². The average Bonchev–Trinajstić information content (AvgIpc) is 2.86. The van der Waals surface area contributed by atoms with Crippen molar-refractivity contribution in [3.63, 3.8) is 0 Å². The van der Waals surface area contributed by atoms with E-state index in [0.717, 1.165) is 6.42 Å². The monoisotopic (exact) mass is 295 g/mol. The van der Waals surface area contributed by atoms with Crippen LogP contribution in [0.1, 0.15) is 27.2 Å². The van der Waals surface area contributed by atoms with Crippen molar-refractivity contribution in [2.45, 2.75) is 38.9 Å². The molecule has 2 rings (SSSR count). The molecule has 7 heteroatoms. The Morgan fingerprint density at radius 3 is 2.52 bits per heavy atom. The van der Waals surface area contributed by atoms with Gasteiger partial charge in [-0.1, -0.05) is 0 Å². The number of ether oxygens (including phenoxy) is 3. The lowest BCUT2D eigenvalue weighted by Gasteiger charge is -2.24. The fourth-order valence-corrected chi connectivity index (χ4v) is 1.97. The van der Waals surface area contributed by atoms with Crippen LogP contribution in [0.5, 0.6) is 11.8 Å². The Balaban J connectivity index is 1.86. The molecule has 2 heterocycles. The Morgan fingerprint density at radius 1 is 1.29 bits per heavy atom. The quantitative estimate of drug-likeness (QED) is 0.847. The third-order valence-electron chi connectivity index (χ3n) is 2.91. The van der Waals surface area contributed by atoms with Crippen molar-refractivity contribution in [3.8, 4) is 11.8 Å². The van der Waals surface area contributed by atoms with Gasteiger partial charge in [-0.15, -0.1) is 10.2 Å². The van der Waals surface area contributed by atoms with Crippen LogP contribution in [0.25, 0.3) is 0 Å². The molecule has 21 heavy (non-hydrogen) atoms. The minimum atomic E-state index is -0.489. The van der Waals surface area contributed by atoms with Gasteiger partial charge in [-0.25, -0.2) is 4.79 Å². The fourth-order valence-electron chi connectivity index (χ4n) is 1.97. The van der Waals surface area contributed by atoms with Crippen molar-refractivity contribution in [2.75, 3.05) is 20.2 Å². The van der Waals surface area contributed by atoms with E-state index < -0.39 is 5.60 Å². The minimum Gasteiger partial charge on any atom is -0.480 e. The first-order valence-electron chi connectivity index (χ1n) is 6.90. The van der Waals surface area contributed by atoms with E-state index in [-0.39, 0.29) is 12.2 Å². The van der Waals surface area contributed by atoms with Crippen LogP contribution < -0.4 is 9.47 Å². The largest absolute Gasteiger partial charge is 0.480 e. The molecule has 1 amide bonds. The highest BCUT2D eigenvalue weighted by Gasteiger charge is 2.31. The summed E-state index contributed by atoms with van der Waals surface area (Å²) in [5.74, 6) is 0.857. The second-order valence-corrected chi connectivity index (χ2v) is 5.87. The summed E-state index contributed by atoms with van der Waals surface area (Å²) in [7, 11) is 1.53. The highest BCUT2D eigenvalue weighted by molar-refractivity contribution is 5.68. The smallest absolute Gasteiger partial charge is 0.410 e. The number of nitrogens with zero attached hydrogens (tertiary/aromatic N) is 3. The summed E-state index contributed by atoms with van der Waals surface area (Å²) in [5, 5.41) is 7.75. The van der Waals surface area contributed by atoms with Crippen molar-refractivity contribution in [3.05, 3.63) is 12.1 Å². The van der Waals surface area contributed by atoms with Gasteiger partial charge in [0.05, 0.1) is 13.7 Å². The van der Waals surface area contributed by atoms with Gasteiger partial charge in [0.25, 0.3) is 0 Å². The number of likely N-dealkylation sites (tertiary alicyclic amines) is 1. The average molecular weight is 295 g/mol. The maximum Gasteiger partial charge on any atom is 0.410 e. The number of carbonyl (C=O) groups excluding carboxylic acids is 1. The van der Waals surface area contributed by atoms with Crippen molar-refractivity contribution < 1.29 is 19.0 Å². The molecule has 116 valence electrons. The maximum absolute atomic E-state index is 11.9. The van der Waals surface area contributed by atoms with E-state index in [1.807, 2.05) is 20.8 Å². The fraction of sp³-hybridized carbons (Fsp3) is 0.643. The van der Waals surface area contributed by atoms with Crippen molar-refractivity contribution in [2.24, 2.45) is 0 Å². The van der Waals surface area contributed by atoms with Crippen LogP contribution in [0.3, 0.4) is 0 Å². The van der Waals surface area contributed by atoms with Gasteiger partial charge in [0.15, 0.2) is 0 Å². The van der Waals surface area contributed by atoms with Crippen LogP contribution in [-0.4, -0.2) is 53.1 Å². The molecule has 7 nitrogen and oxygen atoms in total. The number of carbonyl (C=O) groups is 1. The lowest BCUT2D eigenvalue weighted by atomic mass is 10.2. The molecule has 0 aliphatic carbocycles. The summed E-state index contributed by atoms with van der Waals surface area (Å²) >= 11 is 0. The lowest BCUT2D eigenvalue weighted by Crippen LogP contribution is -2.36. The molecule has 1 fully saturated rings. The molecule has 1 aliphatic heterocycles. The zero-order chi connectivity index (χ0) is 15.5. The number of amides is 1. The first-order chi connectivity index (χ1) is 9.87. The topological polar surface area (TPSA) is 73.8 Å². The Kier molecular flexibility index (Phi) is 4.50. The summed E-state index contributed by atoms with van der Waals surface area (Å²) in [5.41, 5.74) is -0.489. The van der Waals surface area contributed by atoms with Crippen LogP contribution in [0.2, 0.25) is 0 Å². The van der Waals surface area contributed by atoms with Gasteiger partial charge in [-0.3, -0.25) is 0 Å². The molecule has 1 saturated heterocycles. The third kappa shape index (κ3) is 4.47. The van der Waals surface area contributed by atoms with E-state index in [2.05, 4.69) is 10.2 Å². The molecule has 0 bridgehead atoms. The Bertz CT molecular complexity index is 484. The van der Waals surface area contributed by atoms with Gasteiger partial charge in [0.2, 0.25) is 11.8 Å². The van der Waals surface area contributed by atoms with E-state index in [1.54, 1.807) is 17.0 Å². The van der Waals surface area contributed by atoms with Gasteiger partial charge < -0.3 is 19.1 Å². The van der Waals surface area contributed by atoms with Crippen molar-refractivity contribution >= 4 is 6.09 Å². The first-order valence-corrected chi connectivity index (χ1v) is 6.90. The van der Waals surface area contributed by atoms with Crippen LogP contribution >= 0.6 is 0 Å². The molecule has 1 aliphatic rings. The SMILES string of the molecule is COc1ccc(OC2CCN(C(=O)OC(C)(C)C)C2)nn1. The van der Waals surface area contributed by atoms with Gasteiger partial charge in [0.1, 0.15) is 11.7 Å². The minimum absolute atomic E-state index is 0.0970. The van der Waals surface area contributed by atoms with E-state index >= 15 is 0 Å². The van der Waals surface area contributed by atoms with E-state index in [4.69, 9.17) is 14.2 Å². The third-order valence-corrected chi connectivity index (χ3v) is 2.91. The number of hydrogen-bond acceptors (Lipinski definition) is 6. The summed E-state index contributed by atoms with van der Waals surface area (Å²) in [6, 6.07) is 3.38. The van der Waals surface area contributed by atoms with Crippen LogP contribution in [-0.2, 0) is 4.74 Å². The highest BCUT2D eigenvalue weighted by Crippen LogP contribution is 2.19. The first kappa shape index (κ1) is 15.3. The maximum atomic E-state index is 11.9. The Morgan fingerprint density at radius 2 is 1.95 bits per heavy atom. The zero-order valence-corrected chi connectivity index (χ0v) is 12.8. The summed E-state index contributed by atoms with van der Waals surface area (Å²) in [6.07, 6.45) is 0.335. The second-order valence-electron chi connectivity index (χ2n) is 5.87. The molecule has 1 aromatic heterocycles. The molecule has 0 radical (unpaired) electrons. The molecule has 1 aromatic rings. The zero-order valence-electron chi connectivity index (χ0n) is 12.8. The molecule has 0 N–H and O–H groups in total. The van der Waals surface area contributed by atoms with E-state index in [0.29, 0.717) is 24.8 Å². The van der Waals surface area contributed by atoms with E-state index in [1.165, 1.54) is 7.11 Å². The van der Waals surface area contributed by atoms with Crippen LogP contribution in [0, 0.1) is 0 Å². The normalized spacial score (nSPS) is 18.5. The van der Waals surface area contributed by atoms with Crippen molar-refractivity contribution in [1.82, 2.24) is 15.1 Å². The molecule has 0 saturated carbocycles. The van der Waals surface area contributed by atoms with Gasteiger partial charge in [-0.05, 0) is 20.8 Å². The van der Waals surface area contributed by atoms with E-state index in [9.17, 15) is 4.79 Å². The number of rotatable bonds is 3. The van der Waals surface area contributed by atoms with Gasteiger partial charge in [0, 0.05) is 25.1 Å². The second kappa shape index (κ2) is 6.15. The number of aromatic nitrogens is 2. The van der Waals surface area contributed by atoms with Gasteiger partial charge in [-0.2, -0.15) is 0 Å². The predicted molar refractivity (Wildman–Crippen MR) is 75.4 cm³/mol. The lowest BCUT2D eigenvalue weighted by molar-refractivity contribution is 0.0274. The molecular formula is C14H21N3O4. The van der Waals surface area contributed by atoms with Crippen LogP contribution in [0.4, 0.5) is 4.79 Å². The number of hydrogen-bond donors (Lipinski definition) is 0.